The monoisotopic (exact) mass is 406 g/mol. The Morgan fingerprint density at radius 1 is 1.21 bits per heavy atom. The van der Waals surface area contributed by atoms with E-state index in [2.05, 4.69) is 4.98 Å². The average molecular weight is 406 g/mol. The summed E-state index contributed by atoms with van der Waals surface area (Å²) in [6.45, 7) is 14.5. The summed E-state index contributed by atoms with van der Waals surface area (Å²) in [4.78, 5) is 18.3. The molecule has 0 N–H and O–H groups in total. The van der Waals surface area contributed by atoms with Crippen molar-refractivity contribution in [2.75, 3.05) is 13.1 Å². The van der Waals surface area contributed by atoms with Gasteiger partial charge < -0.3 is 18.9 Å². The number of likely N-dealkylation sites (tertiary alicyclic amines) is 1. The maximum atomic E-state index is 14.5. The zero-order chi connectivity index (χ0) is 21.6. The number of halogens is 1. The number of hydrogen-bond donors (Lipinski definition) is 0. The van der Waals surface area contributed by atoms with Crippen molar-refractivity contribution in [2.24, 2.45) is 0 Å². The number of carbonyl (C=O) groups excluding carboxylic acids is 1. The third kappa shape index (κ3) is 4.74. The van der Waals surface area contributed by atoms with E-state index in [1.54, 1.807) is 11.0 Å². The molecule has 0 unspecified atom stereocenters. The Balaban J connectivity index is 1.69. The lowest BCUT2D eigenvalue weighted by Gasteiger charge is -2.33. The summed E-state index contributed by atoms with van der Waals surface area (Å²) in [5.74, 6) is -0.283. The van der Waals surface area contributed by atoms with E-state index < -0.39 is 29.7 Å². The standard InChI is InChI=1S/C21H32BFN2O4/c1-19(2,3)27-18(26)25-10-8-14(9-11-25)17-12-15(16(23)13-24-17)22-28-20(4,5)21(6,7)29-22/h12-14H,8-11H2,1-7H3. The first-order valence-electron chi connectivity index (χ1n) is 10.3. The fraction of sp³-hybridized carbons (Fsp3) is 0.714. The molecule has 2 fully saturated rings. The molecule has 2 aliphatic rings. The second kappa shape index (κ2) is 7.54. The predicted octanol–water partition coefficient (Wildman–Crippen LogP) is 3.63. The highest BCUT2D eigenvalue weighted by molar-refractivity contribution is 6.62. The molecule has 0 radical (unpaired) electrons. The number of ether oxygens (including phenoxy) is 1. The van der Waals surface area contributed by atoms with Gasteiger partial charge in [0.15, 0.2) is 0 Å². The summed E-state index contributed by atoms with van der Waals surface area (Å²) >= 11 is 0. The van der Waals surface area contributed by atoms with Gasteiger partial charge in [0.05, 0.1) is 17.4 Å². The average Bonchev–Trinajstić information content (AvgIpc) is 2.81. The molecule has 8 heteroatoms. The third-order valence-electron chi connectivity index (χ3n) is 5.98. The van der Waals surface area contributed by atoms with E-state index in [0.29, 0.717) is 18.6 Å². The van der Waals surface area contributed by atoms with Gasteiger partial charge in [-0.25, -0.2) is 9.18 Å². The van der Waals surface area contributed by atoms with Crippen LogP contribution in [-0.4, -0.2) is 53.0 Å². The molecule has 160 valence electrons. The van der Waals surface area contributed by atoms with Crippen LogP contribution in [0.3, 0.4) is 0 Å². The van der Waals surface area contributed by atoms with Gasteiger partial charge in [-0.05, 0) is 67.4 Å². The van der Waals surface area contributed by atoms with Crippen molar-refractivity contribution in [1.82, 2.24) is 9.88 Å². The quantitative estimate of drug-likeness (QED) is 0.702. The summed E-state index contributed by atoms with van der Waals surface area (Å²) < 4.78 is 32.0. The van der Waals surface area contributed by atoms with Crippen LogP contribution in [0, 0.1) is 5.82 Å². The Bertz CT molecular complexity index is 754. The van der Waals surface area contributed by atoms with Crippen molar-refractivity contribution in [3.8, 4) is 0 Å². The number of rotatable bonds is 2. The van der Waals surface area contributed by atoms with E-state index in [1.807, 2.05) is 48.5 Å². The molecule has 2 aliphatic heterocycles. The minimum atomic E-state index is -0.761. The fourth-order valence-electron chi connectivity index (χ4n) is 3.53. The van der Waals surface area contributed by atoms with E-state index in [0.717, 1.165) is 18.5 Å². The lowest BCUT2D eigenvalue weighted by Crippen LogP contribution is -2.42. The Kier molecular flexibility index (Phi) is 5.73. The third-order valence-corrected chi connectivity index (χ3v) is 5.98. The Morgan fingerprint density at radius 3 is 2.28 bits per heavy atom. The lowest BCUT2D eigenvalue weighted by atomic mass is 9.77. The summed E-state index contributed by atoms with van der Waals surface area (Å²) in [5.41, 5.74) is -0.397. The SMILES string of the molecule is CC(C)(C)OC(=O)N1CCC(c2cc(B3OC(C)(C)C(C)(C)O3)c(F)cn2)CC1. The van der Waals surface area contributed by atoms with Gasteiger partial charge >= 0.3 is 13.2 Å². The van der Waals surface area contributed by atoms with Crippen LogP contribution in [0.1, 0.15) is 72.9 Å². The van der Waals surface area contributed by atoms with Crippen molar-refractivity contribution in [2.45, 2.75) is 84.0 Å². The first kappa shape index (κ1) is 22.0. The van der Waals surface area contributed by atoms with E-state index in [9.17, 15) is 9.18 Å². The van der Waals surface area contributed by atoms with Gasteiger partial charge in [0.1, 0.15) is 11.4 Å². The zero-order valence-corrected chi connectivity index (χ0v) is 18.5. The minimum absolute atomic E-state index is 0.149. The van der Waals surface area contributed by atoms with Gasteiger partial charge in [-0.2, -0.15) is 0 Å². The van der Waals surface area contributed by atoms with E-state index in [1.165, 1.54) is 6.20 Å². The normalized spacial score (nSPS) is 22.1. The molecule has 1 aromatic heterocycles. The molecule has 0 aromatic carbocycles. The highest BCUT2D eigenvalue weighted by atomic mass is 19.1. The molecule has 2 saturated heterocycles. The summed E-state index contributed by atoms with van der Waals surface area (Å²) in [6, 6.07) is 1.76. The van der Waals surface area contributed by atoms with Crippen molar-refractivity contribution >= 4 is 18.7 Å². The minimum Gasteiger partial charge on any atom is -0.444 e. The number of carbonyl (C=O) groups is 1. The lowest BCUT2D eigenvalue weighted by molar-refractivity contribution is 0.00578. The maximum absolute atomic E-state index is 14.5. The fourth-order valence-corrected chi connectivity index (χ4v) is 3.53. The molecular weight excluding hydrogens is 374 g/mol. The first-order chi connectivity index (χ1) is 13.3. The van der Waals surface area contributed by atoms with Gasteiger partial charge in [0.2, 0.25) is 0 Å². The number of amides is 1. The molecule has 29 heavy (non-hydrogen) atoms. The summed E-state index contributed by atoms with van der Waals surface area (Å²) in [7, 11) is -0.761. The molecule has 1 amide bonds. The van der Waals surface area contributed by atoms with Crippen molar-refractivity contribution in [3.63, 3.8) is 0 Å². The topological polar surface area (TPSA) is 60.9 Å². The van der Waals surface area contributed by atoms with Gasteiger partial charge in [-0.3, -0.25) is 4.98 Å². The van der Waals surface area contributed by atoms with Crippen LogP contribution < -0.4 is 5.46 Å². The molecule has 1 aromatic rings. The highest BCUT2D eigenvalue weighted by Crippen LogP contribution is 2.37. The smallest absolute Gasteiger partial charge is 0.444 e. The molecular formula is C21H32BFN2O4. The van der Waals surface area contributed by atoms with Gasteiger partial charge in [0, 0.05) is 30.2 Å². The van der Waals surface area contributed by atoms with Crippen LogP contribution in [-0.2, 0) is 14.0 Å². The van der Waals surface area contributed by atoms with Crippen LogP contribution in [0.2, 0.25) is 0 Å². The van der Waals surface area contributed by atoms with Gasteiger partial charge in [0.25, 0.3) is 0 Å². The Labute approximate surface area is 173 Å². The van der Waals surface area contributed by atoms with E-state index in [-0.39, 0.29) is 12.0 Å². The highest BCUT2D eigenvalue weighted by Gasteiger charge is 2.52. The molecule has 0 bridgehead atoms. The Morgan fingerprint density at radius 2 is 1.76 bits per heavy atom. The van der Waals surface area contributed by atoms with Crippen molar-refractivity contribution in [1.29, 1.82) is 0 Å². The Hall–Kier alpha value is -1.67. The first-order valence-corrected chi connectivity index (χ1v) is 10.3. The summed E-state index contributed by atoms with van der Waals surface area (Å²) in [5, 5.41) is 0. The molecule has 3 heterocycles. The predicted molar refractivity (Wildman–Crippen MR) is 110 cm³/mol. The van der Waals surface area contributed by atoms with Crippen LogP contribution in [0.5, 0.6) is 0 Å². The molecule has 0 atom stereocenters. The molecule has 0 saturated carbocycles. The number of pyridine rings is 1. The molecule has 0 aliphatic carbocycles. The summed E-state index contributed by atoms with van der Waals surface area (Å²) in [6.07, 6.45) is 2.46. The van der Waals surface area contributed by atoms with Crippen LogP contribution in [0.25, 0.3) is 0 Å². The largest absolute Gasteiger partial charge is 0.497 e. The zero-order valence-electron chi connectivity index (χ0n) is 18.5. The number of nitrogens with zero attached hydrogens (tertiary/aromatic N) is 2. The second-order valence-electron chi connectivity index (χ2n) is 9.96. The number of aromatic nitrogens is 1. The second-order valence-corrected chi connectivity index (χ2v) is 9.96. The van der Waals surface area contributed by atoms with Crippen LogP contribution >= 0.6 is 0 Å². The molecule has 6 nitrogen and oxygen atoms in total. The number of hydrogen-bond acceptors (Lipinski definition) is 5. The maximum Gasteiger partial charge on any atom is 0.497 e. The van der Waals surface area contributed by atoms with Crippen molar-refractivity contribution < 1.29 is 23.2 Å². The molecule has 0 spiro atoms. The van der Waals surface area contributed by atoms with E-state index >= 15 is 0 Å². The van der Waals surface area contributed by atoms with E-state index in [4.69, 9.17) is 14.0 Å². The van der Waals surface area contributed by atoms with Gasteiger partial charge in [-0.1, -0.05) is 0 Å². The van der Waals surface area contributed by atoms with Crippen LogP contribution in [0.15, 0.2) is 12.3 Å². The van der Waals surface area contributed by atoms with Crippen LogP contribution in [0.4, 0.5) is 9.18 Å². The molecule has 3 rings (SSSR count). The van der Waals surface area contributed by atoms with Crippen molar-refractivity contribution in [3.05, 3.63) is 23.8 Å². The van der Waals surface area contributed by atoms with Gasteiger partial charge in [-0.15, -0.1) is 0 Å². The number of piperidine rings is 1.